The molecule has 0 bridgehead atoms. The Kier molecular flexibility index (Phi) is 3.84. The molecule has 6 nitrogen and oxygen atoms in total. The van der Waals surface area contributed by atoms with Gasteiger partial charge in [0.05, 0.1) is 17.1 Å². The molecule has 0 saturated carbocycles. The predicted octanol–water partition coefficient (Wildman–Crippen LogP) is 3.53. The molecule has 0 aliphatic rings. The van der Waals surface area contributed by atoms with Crippen LogP contribution in [0.5, 0.6) is 11.5 Å². The molecule has 0 heterocycles. The lowest BCUT2D eigenvalue weighted by atomic mass is 10.1. The van der Waals surface area contributed by atoms with Crippen molar-refractivity contribution in [2.24, 2.45) is 0 Å². The number of carboxylic acids is 1. The number of carbonyl (C=O) groups is 1. The summed E-state index contributed by atoms with van der Waals surface area (Å²) in [5.41, 5.74) is -0.0702. The molecular formula is C14H10FNO5. The largest absolute Gasteiger partial charge is 0.478 e. The van der Waals surface area contributed by atoms with Crippen LogP contribution in [0.15, 0.2) is 36.4 Å². The molecule has 7 heteroatoms. The van der Waals surface area contributed by atoms with Gasteiger partial charge in [-0.15, -0.1) is 0 Å². The van der Waals surface area contributed by atoms with E-state index < -0.39 is 22.4 Å². The normalized spacial score (nSPS) is 10.2. The van der Waals surface area contributed by atoms with Crippen molar-refractivity contribution in [1.82, 2.24) is 0 Å². The number of ether oxygens (including phenoxy) is 1. The molecule has 2 aromatic carbocycles. The van der Waals surface area contributed by atoms with Crippen molar-refractivity contribution < 1.29 is 24.0 Å². The van der Waals surface area contributed by atoms with E-state index in [-0.39, 0.29) is 17.1 Å². The highest BCUT2D eigenvalue weighted by Crippen LogP contribution is 2.31. The van der Waals surface area contributed by atoms with Gasteiger partial charge in [0.15, 0.2) is 0 Å². The maximum absolute atomic E-state index is 13.3. The second-order valence-electron chi connectivity index (χ2n) is 4.26. The fourth-order valence-electron chi connectivity index (χ4n) is 1.79. The number of aryl methyl sites for hydroxylation is 1. The summed E-state index contributed by atoms with van der Waals surface area (Å²) in [6.45, 7) is 1.62. The molecule has 0 saturated heterocycles. The third-order valence-corrected chi connectivity index (χ3v) is 2.73. The first-order chi connectivity index (χ1) is 9.88. The van der Waals surface area contributed by atoms with E-state index in [0.717, 1.165) is 18.2 Å². The number of hydrogen-bond acceptors (Lipinski definition) is 4. The first-order valence-electron chi connectivity index (χ1n) is 5.84. The first kappa shape index (κ1) is 14.4. The second-order valence-corrected chi connectivity index (χ2v) is 4.26. The fraction of sp³-hybridized carbons (Fsp3) is 0.0714. The van der Waals surface area contributed by atoms with Gasteiger partial charge < -0.3 is 9.84 Å². The maximum Gasteiger partial charge on any atom is 0.339 e. The number of non-ortho nitro benzene ring substituents is 1. The highest BCUT2D eigenvalue weighted by molar-refractivity contribution is 5.91. The molecule has 0 unspecified atom stereocenters. The van der Waals surface area contributed by atoms with Gasteiger partial charge in [0.25, 0.3) is 5.69 Å². The SMILES string of the molecule is Cc1cccc(C(=O)O)c1Oc1cc(F)cc([N+](=O)[O-])c1. The number of nitro groups is 1. The Morgan fingerprint density at radius 2 is 2.05 bits per heavy atom. The van der Waals surface area contributed by atoms with Crippen LogP contribution in [-0.4, -0.2) is 16.0 Å². The zero-order valence-corrected chi connectivity index (χ0v) is 10.9. The molecule has 0 spiro atoms. The molecule has 0 aromatic heterocycles. The van der Waals surface area contributed by atoms with E-state index in [1.807, 2.05) is 0 Å². The average Bonchev–Trinajstić information content (AvgIpc) is 2.40. The van der Waals surface area contributed by atoms with Crippen LogP contribution in [0.2, 0.25) is 0 Å². The average molecular weight is 291 g/mol. The number of aromatic carboxylic acids is 1. The first-order valence-corrected chi connectivity index (χ1v) is 5.84. The number of hydrogen-bond donors (Lipinski definition) is 1. The van der Waals surface area contributed by atoms with Gasteiger partial charge in [0, 0.05) is 6.07 Å². The molecule has 1 N–H and O–H groups in total. The Balaban J connectivity index is 2.48. The number of para-hydroxylation sites is 1. The minimum Gasteiger partial charge on any atom is -0.478 e. The molecule has 0 fully saturated rings. The van der Waals surface area contributed by atoms with Crippen molar-refractivity contribution in [2.75, 3.05) is 0 Å². The second kappa shape index (κ2) is 5.58. The van der Waals surface area contributed by atoms with Gasteiger partial charge >= 0.3 is 5.97 Å². The maximum atomic E-state index is 13.3. The van der Waals surface area contributed by atoms with Crippen LogP contribution in [0.4, 0.5) is 10.1 Å². The van der Waals surface area contributed by atoms with Crippen LogP contribution in [0.1, 0.15) is 15.9 Å². The van der Waals surface area contributed by atoms with Crippen molar-refractivity contribution >= 4 is 11.7 Å². The minimum atomic E-state index is -1.21. The number of rotatable bonds is 4. The van der Waals surface area contributed by atoms with Gasteiger partial charge in [0.1, 0.15) is 22.9 Å². The van der Waals surface area contributed by atoms with Crippen molar-refractivity contribution in [2.45, 2.75) is 6.92 Å². The monoisotopic (exact) mass is 291 g/mol. The van der Waals surface area contributed by atoms with E-state index in [0.29, 0.717) is 5.56 Å². The van der Waals surface area contributed by atoms with Crippen LogP contribution < -0.4 is 4.74 Å². The Morgan fingerprint density at radius 3 is 2.67 bits per heavy atom. The van der Waals surface area contributed by atoms with Crippen LogP contribution in [-0.2, 0) is 0 Å². The summed E-state index contributed by atoms with van der Waals surface area (Å²) >= 11 is 0. The summed E-state index contributed by atoms with van der Waals surface area (Å²) in [6, 6.07) is 7.22. The Hall–Kier alpha value is -2.96. The van der Waals surface area contributed by atoms with E-state index in [9.17, 15) is 19.3 Å². The van der Waals surface area contributed by atoms with Crippen LogP contribution >= 0.6 is 0 Å². The van der Waals surface area contributed by atoms with E-state index in [4.69, 9.17) is 9.84 Å². The van der Waals surface area contributed by atoms with E-state index in [1.165, 1.54) is 6.07 Å². The summed E-state index contributed by atoms with van der Waals surface area (Å²) in [5, 5.41) is 19.8. The Labute approximate surface area is 118 Å². The lowest BCUT2D eigenvalue weighted by Gasteiger charge is -2.11. The number of carboxylic acid groups (broad SMARTS) is 1. The Bertz CT molecular complexity index is 729. The molecule has 0 aliphatic heterocycles. The van der Waals surface area contributed by atoms with E-state index in [2.05, 4.69) is 0 Å². The smallest absolute Gasteiger partial charge is 0.339 e. The van der Waals surface area contributed by atoms with Crippen LogP contribution in [0.25, 0.3) is 0 Å². The Morgan fingerprint density at radius 1 is 1.33 bits per heavy atom. The molecule has 2 aromatic rings. The van der Waals surface area contributed by atoms with Crippen LogP contribution in [0, 0.1) is 22.9 Å². The number of benzene rings is 2. The number of halogens is 1. The van der Waals surface area contributed by atoms with E-state index in [1.54, 1.807) is 19.1 Å². The zero-order chi connectivity index (χ0) is 15.6. The lowest BCUT2D eigenvalue weighted by Crippen LogP contribution is -2.02. The summed E-state index contributed by atoms with van der Waals surface area (Å²) < 4.78 is 18.7. The van der Waals surface area contributed by atoms with Crippen molar-refractivity contribution in [3.05, 3.63) is 63.5 Å². The summed E-state index contributed by atoms with van der Waals surface area (Å²) in [5.74, 6) is -2.17. The third kappa shape index (κ3) is 3.14. The highest BCUT2D eigenvalue weighted by atomic mass is 19.1. The summed E-state index contributed by atoms with van der Waals surface area (Å²) in [7, 11) is 0. The molecular weight excluding hydrogens is 281 g/mol. The third-order valence-electron chi connectivity index (χ3n) is 2.73. The molecule has 108 valence electrons. The zero-order valence-electron chi connectivity index (χ0n) is 10.9. The fourth-order valence-corrected chi connectivity index (χ4v) is 1.79. The van der Waals surface area contributed by atoms with Crippen molar-refractivity contribution in [3.8, 4) is 11.5 Å². The quantitative estimate of drug-likeness (QED) is 0.687. The molecule has 21 heavy (non-hydrogen) atoms. The summed E-state index contributed by atoms with van der Waals surface area (Å²) in [4.78, 5) is 21.1. The molecule has 0 amide bonds. The standard InChI is InChI=1S/C14H10FNO5/c1-8-3-2-4-12(14(17)18)13(8)21-11-6-9(15)5-10(7-11)16(19)20/h2-7H,1H3,(H,17,18). The van der Waals surface area contributed by atoms with Crippen molar-refractivity contribution in [3.63, 3.8) is 0 Å². The number of nitrogens with zero attached hydrogens (tertiary/aromatic N) is 1. The lowest BCUT2D eigenvalue weighted by molar-refractivity contribution is -0.385. The van der Waals surface area contributed by atoms with E-state index >= 15 is 0 Å². The topological polar surface area (TPSA) is 89.7 Å². The summed E-state index contributed by atoms with van der Waals surface area (Å²) in [6.07, 6.45) is 0. The predicted molar refractivity (Wildman–Crippen MR) is 71.3 cm³/mol. The molecule has 0 atom stereocenters. The van der Waals surface area contributed by atoms with Crippen molar-refractivity contribution in [1.29, 1.82) is 0 Å². The molecule has 2 rings (SSSR count). The minimum absolute atomic E-state index is 0.0184. The van der Waals surface area contributed by atoms with Crippen LogP contribution in [0.3, 0.4) is 0 Å². The van der Waals surface area contributed by atoms with Gasteiger partial charge in [-0.05, 0) is 18.6 Å². The highest BCUT2D eigenvalue weighted by Gasteiger charge is 2.16. The molecule has 0 radical (unpaired) electrons. The van der Waals surface area contributed by atoms with Gasteiger partial charge in [-0.3, -0.25) is 10.1 Å². The van der Waals surface area contributed by atoms with Gasteiger partial charge in [0.2, 0.25) is 0 Å². The number of nitro benzene ring substituents is 1. The van der Waals surface area contributed by atoms with Gasteiger partial charge in [-0.1, -0.05) is 12.1 Å². The van der Waals surface area contributed by atoms with Gasteiger partial charge in [-0.2, -0.15) is 0 Å². The van der Waals surface area contributed by atoms with Gasteiger partial charge in [-0.25, -0.2) is 9.18 Å². The molecule has 0 aliphatic carbocycles.